The number of nitrogens with zero attached hydrogens (tertiary/aromatic N) is 3. The van der Waals surface area contributed by atoms with Crippen LogP contribution in [-0.2, 0) is 19.5 Å². The summed E-state index contributed by atoms with van der Waals surface area (Å²) in [6.07, 6.45) is 5.58. The molecule has 2 aliphatic rings. The van der Waals surface area contributed by atoms with Crippen molar-refractivity contribution in [2.75, 3.05) is 31.6 Å². The summed E-state index contributed by atoms with van der Waals surface area (Å²) in [5.74, 6) is 1.34. The summed E-state index contributed by atoms with van der Waals surface area (Å²) in [5.41, 5.74) is 2.67. The van der Waals surface area contributed by atoms with Crippen LogP contribution in [0.2, 0.25) is 0 Å². The first-order valence-electron chi connectivity index (χ1n) is 10.1. The third kappa shape index (κ3) is 3.99. The van der Waals surface area contributed by atoms with Crippen LogP contribution in [0.1, 0.15) is 42.5 Å². The van der Waals surface area contributed by atoms with Crippen molar-refractivity contribution in [1.29, 1.82) is 0 Å². The minimum Gasteiger partial charge on any atom is -0.504 e. The van der Waals surface area contributed by atoms with Gasteiger partial charge in [-0.25, -0.2) is 4.98 Å². The largest absolute Gasteiger partial charge is 0.504 e. The van der Waals surface area contributed by atoms with Crippen LogP contribution in [-0.4, -0.2) is 46.7 Å². The molecule has 0 aliphatic carbocycles. The third-order valence-corrected chi connectivity index (χ3v) is 5.69. The fourth-order valence-corrected chi connectivity index (χ4v) is 4.13. The molecule has 0 atom stereocenters. The van der Waals surface area contributed by atoms with Gasteiger partial charge in [0.15, 0.2) is 11.5 Å². The lowest BCUT2D eigenvalue weighted by molar-refractivity contribution is 0.241. The first kappa shape index (κ1) is 18.8. The molecule has 1 aromatic heterocycles. The van der Waals surface area contributed by atoms with E-state index in [0.717, 1.165) is 61.7 Å². The number of nitrogens with one attached hydrogen (secondary N) is 1. The van der Waals surface area contributed by atoms with Crippen molar-refractivity contribution < 1.29 is 9.84 Å². The molecular weight excluding hydrogens is 356 g/mol. The standard InChI is InChI=1S/C21H28N4O3/c1-28-19-7-6-15(12-18(19)26)13-24-11-8-17-16(14-24)20(27)23-21(22-17)25-9-4-2-3-5-10-25/h6-7,12,26H,2-5,8-11,13-14H2,1H3,(H,22,23,27). The highest BCUT2D eigenvalue weighted by Gasteiger charge is 2.23. The van der Waals surface area contributed by atoms with Crippen LogP contribution < -0.4 is 15.2 Å². The zero-order chi connectivity index (χ0) is 19.5. The van der Waals surface area contributed by atoms with Gasteiger partial charge in [-0.3, -0.25) is 14.7 Å². The number of aromatic hydroxyl groups is 1. The van der Waals surface area contributed by atoms with E-state index in [9.17, 15) is 9.90 Å². The topological polar surface area (TPSA) is 81.7 Å². The Kier molecular flexibility index (Phi) is 5.52. The van der Waals surface area contributed by atoms with Gasteiger partial charge in [-0.05, 0) is 30.5 Å². The quantitative estimate of drug-likeness (QED) is 0.843. The van der Waals surface area contributed by atoms with Crippen LogP contribution in [0.3, 0.4) is 0 Å². The highest BCUT2D eigenvalue weighted by Crippen LogP contribution is 2.27. The number of hydrogen-bond acceptors (Lipinski definition) is 6. The Labute approximate surface area is 165 Å². The number of ether oxygens (including phenoxy) is 1. The Hall–Kier alpha value is -2.54. The van der Waals surface area contributed by atoms with Gasteiger partial charge < -0.3 is 14.7 Å². The van der Waals surface area contributed by atoms with Crippen LogP contribution in [0, 0.1) is 0 Å². The van der Waals surface area contributed by atoms with Gasteiger partial charge in [-0.15, -0.1) is 0 Å². The maximum atomic E-state index is 12.7. The summed E-state index contributed by atoms with van der Waals surface area (Å²) < 4.78 is 5.10. The number of anilines is 1. The molecule has 28 heavy (non-hydrogen) atoms. The molecular formula is C21H28N4O3. The molecule has 4 rings (SSSR count). The Morgan fingerprint density at radius 1 is 1.18 bits per heavy atom. The smallest absolute Gasteiger partial charge is 0.257 e. The van der Waals surface area contributed by atoms with Gasteiger partial charge in [-0.1, -0.05) is 18.9 Å². The average molecular weight is 384 g/mol. The molecule has 1 fully saturated rings. The maximum Gasteiger partial charge on any atom is 0.257 e. The Morgan fingerprint density at radius 2 is 1.96 bits per heavy atom. The van der Waals surface area contributed by atoms with E-state index in [-0.39, 0.29) is 11.3 Å². The Bertz CT molecular complexity index is 888. The van der Waals surface area contributed by atoms with Gasteiger partial charge in [-0.2, -0.15) is 0 Å². The molecule has 7 nitrogen and oxygen atoms in total. The predicted octanol–water partition coefficient (Wildman–Crippen LogP) is 2.42. The highest BCUT2D eigenvalue weighted by atomic mass is 16.5. The Morgan fingerprint density at radius 3 is 2.68 bits per heavy atom. The molecule has 0 bridgehead atoms. The minimum absolute atomic E-state index is 0.0217. The van der Waals surface area contributed by atoms with Crippen molar-refractivity contribution in [2.45, 2.75) is 45.2 Å². The summed E-state index contributed by atoms with van der Waals surface area (Å²) in [6.45, 7) is 4.02. The van der Waals surface area contributed by atoms with Crippen molar-refractivity contribution in [3.63, 3.8) is 0 Å². The van der Waals surface area contributed by atoms with Gasteiger partial charge in [0, 0.05) is 39.1 Å². The molecule has 1 saturated heterocycles. The van der Waals surface area contributed by atoms with Crippen LogP contribution in [0.25, 0.3) is 0 Å². The lowest BCUT2D eigenvalue weighted by Crippen LogP contribution is -2.37. The highest BCUT2D eigenvalue weighted by molar-refractivity contribution is 5.42. The summed E-state index contributed by atoms with van der Waals surface area (Å²) in [5, 5.41) is 9.98. The third-order valence-electron chi connectivity index (χ3n) is 5.69. The number of fused-ring (bicyclic) bond motifs is 1. The monoisotopic (exact) mass is 384 g/mol. The van der Waals surface area contributed by atoms with Crippen LogP contribution in [0.4, 0.5) is 5.95 Å². The van der Waals surface area contributed by atoms with Gasteiger partial charge >= 0.3 is 0 Å². The normalized spacial score (nSPS) is 17.8. The second-order valence-corrected chi connectivity index (χ2v) is 7.68. The number of phenolic OH excluding ortho intramolecular Hbond substituents is 1. The lowest BCUT2D eigenvalue weighted by Gasteiger charge is -2.29. The van der Waals surface area contributed by atoms with Crippen molar-refractivity contribution in [2.24, 2.45) is 0 Å². The summed E-state index contributed by atoms with van der Waals surface area (Å²) in [7, 11) is 1.54. The molecule has 150 valence electrons. The fourth-order valence-electron chi connectivity index (χ4n) is 4.13. The number of hydrogen-bond donors (Lipinski definition) is 2. The minimum atomic E-state index is -0.0217. The zero-order valence-corrected chi connectivity index (χ0v) is 16.4. The van der Waals surface area contributed by atoms with Crippen molar-refractivity contribution in [3.05, 3.63) is 45.4 Å². The molecule has 3 heterocycles. The van der Waals surface area contributed by atoms with Crippen molar-refractivity contribution in [3.8, 4) is 11.5 Å². The van der Waals surface area contributed by atoms with E-state index in [2.05, 4.69) is 14.8 Å². The molecule has 0 unspecified atom stereocenters. The first-order chi connectivity index (χ1) is 13.6. The van der Waals surface area contributed by atoms with E-state index in [1.165, 1.54) is 20.0 Å². The molecule has 2 aliphatic heterocycles. The van der Waals surface area contributed by atoms with Gasteiger partial charge in [0.1, 0.15) is 0 Å². The SMILES string of the molecule is COc1ccc(CN2CCc3nc(N4CCCCCC4)[nH]c(=O)c3C2)cc1O. The molecule has 2 aromatic rings. The van der Waals surface area contributed by atoms with Crippen molar-refractivity contribution >= 4 is 5.95 Å². The van der Waals surface area contributed by atoms with E-state index in [1.807, 2.05) is 6.07 Å². The van der Waals surface area contributed by atoms with Crippen LogP contribution in [0.5, 0.6) is 11.5 Å². The zero-order valence-electron chi connectivity index (χ0n) is 16.4. The van der Waals surface area contributed by atoms with E-state index in [1.54, 1.807) is 12.1 Å². The van der Waals surface area contributed by atoms with Crippen molar-refractivity contribution in [1.82, 2.24) is 14.9 Å². The average Bonchev–Trinajstić information content (AvgIpc) is 2.98. The summed E-state index contributed by atoms with van der Waals surface area (Å²) in [6, 6.07) is 5.43. The lowest BCUT2D eigenvalue weighted by atomic mass is 10.1. The van der Waals surface area contributed by atoms with E-state index in [0.29, 0.717) is 18.8 Å². The number of methoxy groups -OCH3 is 1. The van der Waals surface area contributed by atoms with E-state index < -0.39 is 0 Å². The van der Waals surface area contributed by atoms with E-state index in [4.69, 9.17) is 9.72 Å². The number of H-pyrrole nitrogens is 1. The fraction of sp³-hybridized carbons (Fsp3) is 0.524. The maximum absolute atomic E-state index is 12.7. The molecule has 0 saturated carbocycles. The van der Waals surface area contributed by atoms with Gasteiger partial charge in [0.25, 0.3) is 5.56 Å². The van der Waals surface area contributed by atoms with E-state index >= 15 is 0 Å². The van der Waals surface area contributed by atoms with Gasteiger partial charge in [0.2, 0.25) is 5.95 Å². The van der Waals surface area contributed by atoms with Gasteiger partial charge in [0.05, 0.1) is 18.4 Å². The Balaban J connectivity index is 1.49. The molecule has 0 radical (unpaired) electrons. The number of aromatic nitrogens is 2. The molecule has 2 N–H and O–H groups in total. The van der Waals surface area contributed by atoms with Crippen LogP contribution >= 0.6 is 0 Å². The first-order valence-corrected chi connectivity index (χ1v) is 10.1. The second kappa shape index (κ2) is 8.22. The molecule has 0 amide bonds. The number of rotatable bonds is 4. The number of benzene rings is 1. The number of aromatic amines is 1. The second-order valence-electron chi connectivity index (χ2n) is 7.68. The predicted molar refractivity (Wildman–Crippen MR) is 108 cm³/mol. The summed E-state index contributed by atoms with van der Waals surface area (Å²) in [4.78, 5) is 25.0. The molecule has 0 spiro atoms. The number of phenols is 1. The summed E-state index contributed by atoms with van der Waals surface area (Å²) >= 11 is 0. The molecule has 7 heteroatoms. The molecule has 1 aromatic carbocycles. The van der Waals surface area contributed by atoms with Crippen LogP contribution in [0.15, 0.2) is 23.0 Å².